The van der Waals surface area contributed by atoms with Gasteiger partial charge in [0.2, 0.25) is 0 Å². The lowest BCUT2D eigenvalue weighted by Crippen LogP contribution is -2.06. The molecule has 2 N–H and O–H groups in total. The van der Waals surface area contributed by atoms with Gasteiger partial charge in [0.15, 0.2) is 0 Å². The Balaban J connectivity index is 2.18. The van der Waals surface area contributed by atoms with Crippen molar-refractivity contribution in [2.75, 3.05) is 0 Å². The van der Waals surface area contributed by atoms with E-state index in [2.05, 4.69) is 0 Å². The molecule has 0 aliphatic carbocycles. The Bertz CT molecular complexity index is 593. The molecule has 5 heteroatoms. The highest BCUT2D eigenvalue weighted by Gasteiger charge is 2.16. The summed E-state index contributed by atoms with van der Waals surface area (Å²) in [4.78, 5) is 10.9. The maximum absolute atomic E-state index is 13.4. The number of rotatable bonds is 4. The third kappa shape index (κ3) is 3.01. The predicted octanol–water partition coefficient (Wildman–Crippen LogP) is 2.81. The van der Waals surface area contributed by atoms with Crippen molar-refractivity contribution in [2.24, 2.45) is 0 Å². The Morgan fingerprint density at radius 2 is 1.84 bits per heavy atom. The number of carbonyl (C=O) groups is 1. The smallest absolute Gasteiger partial charge is 0.342 e. The Kier molecular flexibility index (Phi) is 3.66. The quantitative estimate of drug-likeness (QED) is 0.889. The number of phenolic OH excluding ortho intramolecular Hbond substituents is 1. The van der Waals surface area contributed by atoms with Crippen LogP contribution in [0.4, 0.5) is 4.39 Å². The van der Waals surface area contributed by atoms with Crippen LogP contribution in [0.25, 0.3) is 0 Å². The van der Waals surface area contributed by atoms with Gasteiger partial charge in [0, 0.05) is 0 Å². The molecule has 98 valence electrons. The van der Waals surface area contributed by atoms with Crippen LogP contribution in [-0.4, -0.2) is 16.2 Å². The van der Waals surface area contributed by atoms with Crippen molar-refractivity contribution in [3.8, 4) is 11.5 Å². The standard InChI is InChI=1S/C14H11FO4/c15-11-2-1-3-12(13(11)14(17)18)19-8-9-4-6-10(16)7-5-9/h1-7,16H,8H2,(H,17,18). The lowest BCUT2D eigenvalue weighted by molar-refractivity contribution is 0.0686. The van der Waals surface area contributed by atoms with Gasteiger partial charge in [-0.3, -0.25) is 0 Å². The Labute approximate surface area is 108 Å². The van der Waals surface area contributed by atoms with Crippen LogP contribution in [0.1, 0.15) is 15.9 Å². The molecule has 0 aromatic heterocycles. The number of hydrogen-bond donors (Lipinski definition) is 2. The van der Waals surface area contributed by atoms with Crippen molar-refractivity contribution >= 4 is 5.97 Å². The molecule has 0 radical (unpaired) electrons. The van der Waals surface area contributed by atoms with Crippen molar-refractivity contribution in [3.05, 3.63) is 59.4 Å². The highest BCUT2D eigenvalue weighted by atomic mass is 19.1. The normalized spacial score (nSPS) is 10.2. The Morgan fingerprint density at radius 1 is 1.16 bits per heavy atom. The number of ether oxygens (including phenoxy) is 1. The summed E-state index contributed by atoms with van der Waals surface area (Å²) in [6.07, 6.45) is 0. The number of carboxylic acids is 1. The zero-order chi connectivity index (χ0) is 13.8. The van der Waals surface area contributed by atoms with Gasteiger partial charge in [-0.2, -0.15) is 0 Å². The van der Waals surface area contributed by atoms with Crippen LogP contribution in [0.15, 0.2) is 42.5 Å². The number of carboxylic acid groups (broad SMARTS) is 1. The maximum atomic E-state index is 13.4. The molecule has 0 spiro atoms. The molecule has 2 aromatic carbocycles. The third-order valence-corrected chi connectivity index (χ3v) is 2.52. The van der Waals surface area contributed by atoms with Crippen LogP contribution in [0.5, 0.6) is 11.5 Å². The number of benzene rings is 2. The molecule has 2 rings (SSSR count). The van der Waals surface area contributed by atoms with E-state index in [-0.39, 0.29) is 18.1 Å². The average molecular weight is 262 g/mol. The molecule has 0 aliphatic rings. The second-order valence-electron chi connectivity index (χ2n) is 3.87. The van der Waals surface area contributed by atoms with Gasteiger partial charge >= 0.3 is 5.97 Å². The van der Waals surface area contributed by atoms with Crippen LogP contribution in [-0.2, 0) is 6.61 Å². The van der Waals surface area contributed by atoms with Crippen molar-refractivity contribution in [2.45, 2.75) is 6.61 Å². The summed E-state index contributed by atoms with van der Waals surface area (Å²) in [5.74, 6) is -2.11. The SMILES string of the molecule is O=C(O)c1c(F)cccc1OCc1ccc(O)cc1. The van der Waals surface area contributed by atoms with Crippen molar-refractivity contribution in [1.29, 1.82) is 0 Å². The van der Waals surface area contributed by atoms with E-state index in [1.54, 1.807) is 12.1 Å². The zero-order valence-electron chi connectivity index (χ0n) is 9.84. The van der Waals surface area contributed by atoms with E-state index in [0.29, 0.717) is 0 Å². The van der Waals surface area contributed by atoms with Gasteiger partial charge in [-0.15, -0.1) is 0 Å². The van der Waals surface area contributed by atoms with E-state index in [4.69, 9.17) is 14.9 Å². The minimum absolute atomic E-state index is 0.0272. The van der Waals surface area contributed by atoms with Crippen LogP contribution in [0.3, 0.4) is 0 Å². The monoisotopic (exact) mass is 262 g/mol. The first-order valence-electron chi connectivity index (χ1n) is 5.50. The first kappa shape index (κ1) is 12.9. The molecule has 0 fully saturated rings. The van der Waals surface area contributed by atoms with Gasteiger partial charge in [-0.05, 0) is 29.8 Å². The van der Waals surface area contributed by atoms with E-state index >= 15 is 0 Å². The summed E-state index contributed by atoms with van der Waals surface area (Å²) < 4.78 is 18.7. The molecule has 0 saturated carbocycles. The fraction of sp³-hybridized carbons (Fsp3) is 0.0714. The fourth-order valence-electron chi connectivity index (χ4n) is 1.59. The summed E-state index contributed by atoms with van der Waals surface area (Å²) in [6.45, 7) is 0.0873. The number of aromatic carboxylic acids is 1. The van der Waals surface area contributed by atoms with Gasteiger partial charge in [-0.25, -0.2) is 9.18 Å². The summed E-state index contributed by atoms with van der Waals surface area (Å²) in [5.41, 5.74) is 0.250. The highest BCUT2D eigenvalue weighted by Crippen LogP contribution is 2.22. The van der Waals surface area contributed by atoms with Gasteiger partial charge in [0.25, 0.3) is 0 Å². The first-order valence-corrected chi connectivity index (χ1v) is 5.50. The van der Waals surface area contributed by atoms with E-state index in [1.165, 1.54) is 24.3 Å². The summed E-state index contributed by atoms with van der Waals surface area (Å²) in [5, 5.41) is 18.1. The zero-order valence-corrected chi connectivity index (χ0v) is 9.84. The van der Waals surface area contributed by atoms with Crippen LogP contribution < -0.4 is 4.74 Å². The van der Waals surface area contributed by atoms with Gasteiger partial charge in [-0.1, -0.05) is 18.2 Å². The molecule has 2 aromatic rings. The molecule has 0 atom stereocenters. The number of hydrogen-bond acceptors (Lipinski definition) is 3. The summed E-state index contributed by atoms with van der Waals surface area (Å²) in [7, 11) is 0. The molecule has 19 heavy (non-hydrogen) atoms. The molecule has 4 nitrogen and oxygen atoms in total. The largest absolute Gasteiger partial charge is 0.508 e. The molecule has 0 amide bonds. The summed E-state index contributed by atoms with van der Waals surface area (Å²) >= 11 is 0. The van der Waals surface area contributed by atoms with E-state index in [0.717, 1.165) is 11.6 Å². The van der Waals surface area contributed by atoms with Crippen molar-refractivity contribution < 1.29 is 24.1 Å². The third-order valence-electron chi connectivity index (χ3n) is 2.52. The Hall–Kier alpha value is -2.56. The molecule has 0 bridgehead atoms. The molecular weight excluding hydrogens is 251 g/mol. The highest BCUT2D eigenvalue weighted by molar-refractivity contribution is 5.91. The van der Waals surface area contributed by atoms with Crippen molar-refractivity contribution in [3.63, 3.8) is 0 Å². The second-order valence-corrected chi connectivity index (χ2v) is 3.87. The minimum atomic E-state index is -1.38. The predicted molar refractivity (Wildman–Crippen MR) is 65.8 cm³/mol. The van der Waals surface area contributed by atoms with Gasteiger partial charge in [0.05, 0.1) is 0 Å². The molecule has 0 unspecified atom stereocenters. The van der Waals surface area contributed by atoms with Gasteiger partial charge in [0.1, 0.15) is 29.5 Å². The molecule has 0 heterocycles. The first-order chi connectivity index (χ1) is 9.08. The van der Waals surface area contributed by atoms with E-state index < -0.39 is 17.3 Å². The van der Waals surface area contributed by atoms with Gasteiger partial charge < -0.3 is 14.9 Å². The Morgan fingerprint density at radius 3 is 2.47 bits per heavy atom. The lowest BCUT2D eigenvalue weighted by Gasteiger charge is -2.09. The molecule has 0 aliphatic heterocycles. The number of phenols is 1. The minimum Gasteiger partial charge on any atom is -0.508 e. The number of halogens is 1. The second kappa shape index (κ2) is 5.39. The number of aromatic hydroxyl groups is 1. The lowest BCUT2D eigenvalue weighted by atomic mass is 10.2. The average Bonchev–Trinajstić information content (AvgIpc) is 2.37. The van der Waals surface area contributed by atoms with Crippen LogP contribution >= 0.6 is 0 Å². The molecule has 0 saturated heterocycles. The summed E-state index contributed by atoms with van der Waals surface area (Å²) in [6, 6.07) is 10.1. The molecular formula is C14H11FO4. The topological polar surface area (TPSA) is 66.8 Å². The fourth-order valence-corrected chi connectivity index (χ4v) is 1.59. The van der Waals surface area contributed by atoms with Crippen LogP contribution in [0.2, 0.25) is 0 Å². The van der Waals surface area contributed by atoms with Crippen LogP contribution in [0, 0.1) is 5.82 Å². The maximum Gasteiger partial charge on any atom is 0.342 e. The van der Waals surface area contributed by atoms with E-state index in [9.17, 15) is 9.18 Å². The van der Waals surface area contributed by atoms with E-state index in [1.807, 2.05) is 0 Å². The van der Waals surface area contributed by atoms with Crippen molar-refractivity contribution in [1.82, 2.24) is 0 Å².